The Morgan fingerprint density at radius 2 is 1.79 bits per heavy atom. The lowest BCUT2D eigenvalue weighted by molar-refractivity contribution is -0.384. The van der Waals surface area contributed by atoms with E-state index in [0.717, 1.165) is 29.8 Å². The van der Waals surface area contributed by atoms with Gasteiger partial charge >= 0.3 is 6.18 Å². The molecular weight excluding hydrogens is 395 g/mol. The molecule has 0 saturated carbocycles. The first-order valence-corrected chi connectivity index (χ1v) is 9.14. The molecule has 0 aliphatic carbocycles. The van der Waals surface area contributed by atoms with Crippen molar-refractivity contribution in [1.82, 2.24) is 4.90 Å². The molecule has 146 valence electrons. The topological polar surface area (TPSA) is 75.8 Å². The first kappa shape index (κ1) is 19.9. The summed E-state index contributed by atoms with van der Waals surface area (Å²) in [4.78, 5) is 28.5. The summed E-state index contributed by atoms with van der Waals surface area (Å²) in [5.41, 5.74) is 0.156. The van der Waals surface area contributed by atoms with Gasteiger partial charge in [-0.2, -0.15) is 13.2 Å². The van der Waals surface area contributed by atoms with Crippen LogP contribution in [-0.4, -0.2) is 34.0 Å². The highest BCUT2D eigenvalue weighted by molar-refractivity contribution is 8.13. The maximum absolute atomic E-state index is 12.7. The van der Waals surface area contributed by atoms with Gasteiger partial charge in [0.25, 0.3) is 11.6 Å². The van der Waals surface area contributed by atoms with Crippen LogP contribution < -0.4 is 0 Å². The number of hydrogen-bond donors (Lipinski definition) is 0. The number of nitro benzene ring substituents is 1. The van der Waals surface area contributed by atoms with Crippen LogP contribution in [0, 0.1) is 10.1 Å². The van der Waals surface area contributed by atoms with Crippen molar-refractivity contribution in [3.8, 4) is 0 Å². The second-order valence-electron chi connectivity index (χ2n) is 5.91. The van der Waals surface area contributed by atoms with Crippen molar-refractivity contribution < 1.29 is 22.9 Å². The summed E-state index contributed by atoms with van der Waals surface area (Å²) in [6, 6.07) is 10.1. The molecule has 0 spiro atoms. The number of amidine groups is 1. The van der Waals surface area contributed by atoms with E-state index in [0.29, 0.717) is 24.0 Å². The molecule has 0 saturated heterocycles. The number of rotatable bonds is 4. The number of thioether (sulfide) groups is 1. The Morgan fingerprint density at radius 3 is 2.36 bits per heavy atom. The fraction of sp³-hybridized carbons (Fsp3) is 0.222. The molecule has 0 N–H and O–H groups in total. The Bertz CT molecular complexity index is 912. The highest BCUT2D eigenvalue weighted by Gasteiger charge is 2.31. The zero-order valence-corrected chi connectivity index (χ0v) is 15.2. The summed E-state index contributed by atoms with van der Waals surface area (Å²) in [6.45, 7) is 0.761. The Hall–Kier alpha value is -2.88. The third-order valence-corrected chi connectivity index (χ3v) is 5.11. The number of non-ortho nitro benzene ring substituents is 1. The van der Waals surface area contributed by atoms with Crippen molar-refractivity contribution in [3.63, 3.8) is 0 Å². The number of nitrogens with zero attached hydrogens (tertiary/aromatic N) is 3. The molecular formula is C18H14F3N3O3S. The van der Waals surface area contributed by atoms with Gasteiger partial charge in [-0.05, 0) is 29.8 Å². The molecule has 0 unspecified atom stereocenters. The van der Waals surface area contributed by atoms with E-state index in [2.05, 4.69) is 4.99 Å². The van der Waals surface area contributed by atoms with E-state index in [1.54, 1.807) is 12.1 Å². The lowest BCUT2D eigenvalue weighted by atomic mass is 10.1. The van der Waals surface area contributed by atoms with Gasteiger partial charge < -0.3 is 0 Å². The summed E-state index contributed by atoms with van der Waals surface area (Å²) in [5.74, 6) is 0.0364. The first-order valence-electron chi connectivity index (χ1n) is 8.15. The quantitative estimate of drug-likeness (QED) is 0.555. The van der Waals surface area contributed by atoms with E-state index in [1.165, 1.54) is 28.8 Å². The number of nitro groups is 1. The fourth-order valence-corrected chi connectivity index (χ4v) is 3.56. The van der Waals surface area contributed by atoms with Gasteiger partial charge in [0.1, 0.15) is 0 Å². The zero-order chi connectivity index (χ0) is 20.3. The van der Waals surface area contributed by atoms with Crippen LogP contribution in [-0.2, 0) is 11.9 Å². The highest BCUT2D eigenvalue weighted by Crippen LogP contribution is 2.29. The second-order valence-corrected chi connectivity index (χ2v) is 6.85. The summed E-state index contributed by atoms with van der Waals surface area (Å²) < 4.78 is 38.0. The van der Waals surface area contributed by atoms with Crippen molar-refractivity contribution >= 4 is 28.5 Å². The number of amides is 1. The van der Waals surface area contributed by atoms with Gasteiger partial charge in [-0.3, -0.25) is 24.8 Å². The lowest BCUT2D eigenvalue weighted by Gasteiger charge is -2.18. The van der Waals surface area contributed by atoms with Crippen molar-refractivity contribution in [2.75, 3.05) is 13.1 Å². The molecule has 0 aromatic heterocycles. The van der Waals surface area contributed by atoms with Crippen LogP contribution in [0.3, 0.4) is 0 Å². The number of benzene rings is 2. The Morgan fingerprint density at radius 1 is 1.14 bits per heavy atom. The molecule has 1 heterocycles. The number of alkyl halides is 3. The third kappa shape index (κ3) is 4.50. The standard InChI is InChI=1S/C18H14F3N3O3S/c19-18(20,21)14-5-3-13(4-6-14)16(25)23-10-9-22-17(23)28-11-12-1-7-15(8-2-12)24(26)27/h1-8H,9-11H2. The van der Waals surface area contributed by atoms with Crippen LogP contribution in [0.4, 0.5) is 18.9 Å². The molecule has 28 heavy (non-hydrogen) atoms. The molecule has 10 heteroatoms. The normalized spacial score (nSPS) is 14.1. The largest absolute Gasteiger partial charge is 0.416 e. The van der Waals surface area contributed by atoms with Gasteiger partial charge in [0.2, 0.25) is 0 Å². The maximum atomic E-state index is 12.7. The van der Waals surface area contributed by atoms with Gasteiger partial charge in [-0.25, -0.2) is 0 Å². The Kier molecular flexibility index (Phi) is 5.68. The summed E-state index contributed by atoms with van der Waals surface area (Å²) in [5, 5.41) is 11.2. The highest BCUT2D eigenvalue weighted by atomic mass is 32.2. The average molecular weight is 409 g/mol. The Labute approximate surface area is 162 Å². The van der Waals surface area contributed by atoms with Crippen LogP contribution in [0.15, 0.2) is 53.5 Å². The second kappa shape index (κ2) is 8.01. The molecule has 2 aromatic carbocycles. The fourth-order valence-electron chi connectivity index (χ4n) is 2.56. The van der Waals surface area contributed by atoms with Gasteiger partial charge in [-0.15, -0.1) is 0 Å². The van der Waals surface area contributed by atoms with Crippen LogP contribution in [0.25, 0.3) is 0 Å². The van der Waals surface area contributed by atoms with Crippen LogP contribution in [0.5, 0.6) is 0 Å². The number of carbonyl (C=O) groups excluding carboxylic acids is 1. The lowest BCUT2D eigenvalue weighted by Crippen LogP contribution is -2.32. The van der Waals surface area contributed by atoms with E-state index in [9.17, 15) is 28.1 Å². The molecule has 3 rings (SSSR count). The molecule has 1 aliphatic heterocycles. The molecule has 0 radical (unpaired) electrons. The molecule has 2 aromatic rings. The van der Waals surface area contributed by atoms with Crippen LogP contribution in [0.1, 0.15) is 21.5 Å². The van der Waals surface area contributed by atoms with Crippen molar-refractivity contribution in [2.24, 2.45) is 4.99 Å². The zero-order valence-electron chi connectivity index (χ0n) is 14.3. The third-order valence-electron chi connectivity index (χ3n) is 4.02. The van der Waals surface area contributed by atoms with Crippen molar-refractivity contribution in [3.05, 3.63) is 75.3 Å². The SMILES string of the molecule is O=C(c1ccc(C(F)(F)F)cc1)N1CCN=C1SCc1ccc([N+](=O)[O-])cc1. The number of carbonyl (C=O) groups is 1. The van der Waals surface area contributed by atoms with E-state index in [4.69, 9.17) is 0 Å². The Balaban J connectivity index is 1.65. The summed E-state index contributed by atoms with van der Waals surface area (Å²) in [7, 11) is 0. The minimum Gasteiger partial charge on any atom is -0.286 e. The predicted molar refractivity (Wildman–Crippen MR) is 99.2 cm³/mol. The first-order chi connectivity index (χ1) is 13.3. The number of aliphatic imine (C=N–C) groups is 1. The van der Waals surface area contributed by atoms with Gasteiger partial charge in [0.15, 0.2) is 5.17 Å². The summed E-state index contributed by atoms with van der Waals surface area (Å²) in [6.07, 6.45) is -4.46. The molecule has 0 bridgehead atoms. The van der Waals surface area contributed by atoms with Crippen LogP contribution in [0.2, 0.25) is 0 Å². The minimum absolute atomic E-state index is 0.00827. The minimum atomic E-state index is -4.46. The van der Waals surface area contributed by atoms with Crippen molar-refractivity contribution in [2.45, 2.75) is 11.9 Å². The molecule has 0 fully saturated rings. The van der Waals surface area contributed by atoms with Gasteiger partial charge in [-0.1, -0.05) is 23.9 Å². The molecule has 6 nitrogen and oxygen atoms in total. The van der Waals surface area contributed by atoms with Gasteiger partial charge in [0.05, 0.1) is 17.0 Å². The monoisotopic (exact) mass is 409 g/mol. The van der Waals surface area contributed by atoms with Crippen molar-refractivity contribution in [1.29, 1.82) is 0 Å². The van der Waals surface area contributed by atoms with E-state index < -0.39 is 22.6 Å². The van der Waals surface area contributed by atoms with Gasteiger partial charge in [0, 0.05) is 30.0 Å². The van der Waals surface area contributed by atoms with Crippen LogP contribution >= 0.6 is 11.8 Å². The predicted octanol–water partition coefficient (Wildman–Crippen LogP) is 4.36. The molecule has 1 aliphatic rings. The summed E-state index contributed by atoms with van der Waals surface area (Å²) >= 11 is 1.30. The molecule has 0 atom stereocenters. The van der Waals surface area contributed by atoms with E-state index >= 15 is 0 Å². The number of halogens is 3. The van der Waals surface area contributed by atoms with E-state index in [1.807, 2.05) is 0 Å². The molecule has 1 amide bonds. The average Bonchev–Trinajstić information content (AvgIpc) is 3.14. The smallest absolute Gasteiger partial charge is 0.286 e. The van der Waals surface area contributed by atoms with E-state index in [-0.39, 0.29) is 11.3 Å². The maximum Gasteiger partial charge on any atom is 0.416 e. The number of hydrogen-bond acceptors (Lipinski definition) is 5.